The van der Waals surface area contributed by atoms with Crippen LogP contribution in [0.2, 0.25) is 0 Å². The van der Waals surface area contributed by atoms with Gasteiger partial charge in [0.1, 0.15) is 17.7 Å². The van der Waals surface area contributed by atoms with Crippen molar-refractivity contribution in [1.29, 1.82) is 0 Å². The van der Waals surface area contributed by atoms with Gasteiger partial charge in [-0.3, -0.25) is 4.52 Å². The predicted molar refractivity (Wildman–Crippen MR) is 254 cm³/mol. The summed E-state index contributed by atoms with van der Waals surface area (Å²) in [6, 6.07) is 7.44. The normalized spacial score (nSPS) is 29.3. The van der Waals surface area contributed by atoms with Gasteiger partial charge in [-0.05, 0) is 96.4 Å². The van der Waals surface area contributed by atoms with E-state index < -0.39 is 64.0 Å². The molecule has 7 aliphatic rings. The Bertz CT molecular complexity index is 2520. The van der Waals surface area contributed by atoms with Crippen molar-refractivity contribution in [2.45, 2.75) is 200 Å². The SMILES string of the molecule is CCCCCCCCCCCCC[P+]12OC3(c4cc(C(C)(C)C)c(O)cc4C)c4c(C)c5op(oc4c(C(C)(C)C)c5O)OC45OP(O4)OC5(c4cc(C(C)(C)C)c(O)cc4C)C3(O1)O2. The molecule has 15 heteroatoms. The molecule has 0 amide bonds. The van der Waals surface area contributed by atoms with Crippen LogP contribution >= 0.6 is 24.8 Å². The molecular weight excluding hydrogens is 885 g/mol. The zero-order valence-electron chi connectivity index (χ0n) is 40.7. The molecule has 2 aromatic heterocycles. The van der Waals surface area contributed by atoms with Crippen molar-refractivity contribution in [2.24, 2.45) is 0 Å². The number of benzene rings is 3. The Labute approximate surface area is 387 Å². The second kappa shape index (κ2) is 16.1. The number of phenols is 3. The van der Waals surface area contributed by atoms with E-state index in [1.54, 1.807) is 12.1 Å². The Morgan fingerprint density at radius 2 is 1.09 bits per heavy atom. The molecule has 6 fully saturated rings. The number of aromatic hydroxyl groups is 3. The largest absolute Gasteiger partial charge is 0.508 e. The van der Waals surface area contributed by atoms with Crippen LogP contribution in [0.25, 0.3) is 11.2 Å². The monoisotopic (exact) mass is 955 g/mol. The summed E-state index contributed by atoms with van der Waals surface area (Å²) in [5.41, 5.74) is 0.617. The number of hydrogen-bond donors (Lipinski definition) is 3. The minimum absolute atomic E-state index is 0.0593. The van der Waals surface area contributed by atoms with E-state index in [-0.39, 0.29) is 22.8 Å². The molecule has 3 aromatic carbocycles. The highest BCUT2D eigenvalue weighted by atomic mass is 31.2. The maximum absolute atomic E-state index is 12.3. The molecule has 12 rings (SSSR count). The molecule has 356 valence electrons. The highest BCUT2D eigenvalue weighted by molar-refractivity contribution is 7.63. The smallest absolute Gasteiger partial charge is 0.419 e. The van der Waals surface area contributed by atoms with Gasteiger partial charge in [0.15, 0.2) is 16.9 Å². The molecule has 5 aromatic rings. The second-order valence-electron chi connectivity index (χ2n) is 22.2. The molecule has 2 spiro atoms. The summed E-state index contributed by atoms with van der Waals surface area (Å²) < 4.78 is 64.6. The maximum atomic E-state index is 12.3. The highest BCUT2D eigenvalue weighted by Gasteiger charge is 3.03. The van der Waals surface area contributed by atoms with Gasteiger partial charge in [0.25, 0.3) is 5.60 Å². The van der Waals surface area contributed by atoms with Crippen LogP contribution in [0.1, 0.15) is 190 Å². The quantitative estimate of drug-likeness (QED) is 0.0815. The zero-order chi connectivity index (χ0) is 46.9. The van der Waals surface area contributed by atoms with E-state index >= 15 is 0 Å². The van der Waals surface area contributed by atoms with Crippen LogP contribution in [-0.2, 0) is 54.6 Å². The minimum Gasteiger partial charge on any atom is -0.508 e. The fourth-order valence-electron chi connectivity index (χ4n) is 11.0. The maximum Gasteiger partial charge on any atom is 0.419 e. The first-order chi connectivity index (χ1) is 30.4. The third kappa shape index (κ3) is 7.00. The molecule has 3 atom stereocenters. The van der Waals surface area contributed by atoms with Gasteiger partial charge in [-0.25, -0.2) is 13.6 Å². The standard InChI is InChI=1S/C50H69O12P3/c1-14-15-16-17-18-19-20-21-22-23-24-25-65-60-47(33-28-35(44(5,6)7)37(51)26-30(33)2)39-32(4)42-41(53)40(46(11,12)13)43(39)55-63(54-42)57-50-48(49(47,61-65)62-65,56-64(58-50)59-50)34-29-36(45(8,9)10)38(52)27-31(34)3/h26-29H,14-25H2,1-13H3,(H2-,51,52,53)/p+1. The molecular formula is C50H70O12P3+. The number of hydrogen-bond acceptors (Lipinski definition) is 12. The van der Waals surface area contributed by atoms with Gasteiger partial charge in [0, 0.05) is 27.8 Å². The molecule has 0 aliphatic carbocycles. The number of phenolic OH excluding ortho intramolecular Hbond substituents is 3. The summed E-state index contributed by atoms with van der Waals surface area (Å²) in [6.45, 7) is 26.3. The zero-order valence-corrected chi connectivity index (χ0v) is 43.3. The number of fused-ring (bicyclic) bond motifs is 1. The predicted octanol–water partition coefficient (Wildman–Crippen LogP) is 14.9. The molecule has 12 nitrogen and oxygen atoms in total. The molecule has 9 heterocycles. The van der Waals surface area contributed by atoms with E-state index in [2.05, 4.69) is 27.7 Å². The molecule has 7 aliphatic heterocycles. The Morgan fingerprint density at radius 3 is 1.63 bits per heavy atom. The molecule has 3 unspecified atom stereocenters. The number of rotatable bonds is 14. The summed E-state index contributed by atoms with van der Waals surface area (Å²) in [5, 5.41) is 35.6. The Balaban J connectivity index is 1.31. The summed E-state index contributed by atoms with van der Waals surface area (Å²) in [7, 11) is -7.74. The van der Waals surface area contributed by atoms with E-state index in [9.17, 15) is 15.3 Å². The van der Waals surface area contributed by atoms with Crippen LogP contribution < -0.4 is 4.52 Å². The van der Waals surface area contributed by atoms with Crippen LogP contribution in [0.15, 0.2) is 32.7 Å². The van der Waals surface area contributed by atoms with Crippen LogP contribution in [0, 0.1) is 20.8 Å². The lowest BCUT2D eigenvalue weighted by atomic mass is 9.64. The van der Waals surface area contributed by atoms with Crippen LogP contribution in [0.4, 0.5) is 0 Å². The average molecular weight is 956 g/mol. The first-order valence-electron chi connectivity index (χ1n) is 23.7. The lowest BCUT2D eigenvalue weighted by Crippen LogP contribution is -2.74. The van der Waals surface area contributed by atoms with Crippen molar-refractivity contribution in [2.75, 3.05) is 6.16 Å². The van der Waals surface area contributed by atoms with E-state index in [4.69, 9.17) is 40.1 Å². The molecule has 65 heavy (non-hydrogen) atoms. The van der Waals surface area contributed by atoms with Crippen molar-refractivity contribution in [3.8, 4) is 17.2 Å². The molecule has 0 saturated carbocycles. The highest BCUT2D eigenvalue weighted by Crippen LogP contribution is 2.96. The van der Waals surface area contributed by atoms with Gasteiger partial charge < -0.3 is 23.7 Å². The Morgan fingerprint density at radius 1 is 0.585 bits per heavy atom. The Hall–Kier alpha value is -2.46. The van der Waals surface area contributed by atoms with E-state index in [0.717, 1.165) is 25.7 Å². The van der Waals surface area contributed by atoms with Crippen molar-refractivity contribution in [3.05, 3.63) is 74.3 Å². The number of unbranched alkanes of at least 4 members (excludes halogenated alkanes) is 10. The van der Waals surface area contributed by atoms with Gasteiger partial charge in [-0.2, -0.15) is 4.52 Å². The topological polar surface area (TPSA) is 152 Å². The average Bonchev–Trinajstić information content (AvgIpc) is 3.78. The summed E-state index contributed by atoms with van der Waals surface area (Å²) in [5.74, 6) is -3.83. The van der Waals surface area contributed by atoms with Gasteiger partial charge >= 0.3 is 36.5 Å². The van der Waals surface area contributed by atoms with Gasteiger partial charge in [-0.1, -0.05) is 127 Å². The van der Waals surface area contributed by atoms with Gasteiger partial charge in [-0.15, -0.1) is 9.05 Å². The van der Waals surface area contributed by atoms with Crippen LogP contribution in [-0.4, -0.2) is 33.2 Å². The van der Waals surface area contributed by atoms with E-state index in [0.29, 0.717) is 61.8 Å². The van der Waals surface area contributed by atoms with Crippen LogP contribution in [0.3, 0.4) is 0 Å². The van der Waals surface area contributed by atoms with Crippen molar-refractivity contribution >= 4 is 36.0 Å². The van der Waals surface area contributed by atoms with Crippen molar-refractivity contribution in [3.63, 3.8) is 0 Å². The third-order valence-electron chi connectivity index (χ3n) is 14.1. The minimum atomic E-state index is -3.28. The van der Waals surface area contributed by atoms with E-state index in [1.807, 2.05) is 74.4 Å². The second-order valence-corrected chi connectivity index (χ2v) is 26.4. The van der Waals surface area contributed by atoms with Gasteiger partial charge in [0.2, 0.25) is 5.60 Å². The molecule has 8 bridgehead atoms. The summed E-state index contributed by atoms with van der Waals surface area (Å²) in [6.07, 6.45) is 13.5. The fourth-order valence-corrected chi connectivity index (χ4v) is 16.7. The lowest BCUT2D eigenvalue weighted by Gasteiger charge is -2.51. The summed E-state index contributed by atoms with van der Waals surface area (Å²) >= 11 is 0. The van der Waals surface area contributed by atoms with Crippen molar-refractivity contribution in [1.82, 2.24) is 0 Å². The fraction of sp³-hybridized carbons (Fsp3) is 0.640. The first-order valence-corrected chi connectivity index (χ1v) is 27.7. The molecule has 3 N–H and O–H groups in total. The third-order valence-corrected chi connectivity index (χ3v) is 18.9. The Kier molecular flexibility index (Phi) is 11.8. The first kappa shape index (κ1) is 47.6. The lowest BCUT2D eigenvalue weighted by molar-refractivity contribution is -0.396. The van der Waals surface area contributed by atoms with Gasteiger partial charge in [0.05, 0.1) is 0 Å². The molecule has 0 radical (unpaired) electrons. The summed E-state index contributed by atoms with van der Waals surface area (Å²) in [4.78, 5) is 0. The van der Waals surface area contributed by atoms with Crippen molar-refractivity contribution < 1.29 is 55.4 Å². The number of aryl methyl sites for hydroxylation is 3. The van der Waals surface area contributed by atoms with Crippen LogP contribution in [0.5, 0.6) is 17.2 Å². The van der Waals surface area contributed by atoms with E-state index in [1.165, 1.54) is 44.9 Å². The molecule has 6 saturated heterocycles.